The van der Waals surface area contributed by atoms with Crippen LogP contribution in [0.3, 0.4) is 0 Å². The highest BCUT2D eigenvalue weighted by atomic mass is 16.6. The molecule has 0 saturated carbocycles. The van der Waals surface area contributed by atoms with Gasteiger partial charge in [-0.25, -0.2) is 0 Å². The largest absolute Gasteiger partial charge is 0.497 e. The molecule has 0 aliphatic carbocycles. The molecule has 3 aromatic rings. The summed E-state index contributed by atoms with van der Waals surface area (Å²) < 4.78 is 18.2. The Morgan fingerprint density at radius 2 is 1.87 bits per heavy atom. The molecule has 0 spiro atoms. The first-order valence-corrected chi connectivity index (χ1v) is 10.2. The van der Waals surface area contributed by atoms with Gasteiger partial charge in [0.15, 0.2) is 17.3 Å². The first-order valence-electron chi connectivity index (χ1n) is 10.2. The summed E-state index contributed by atoms with van der Waals surface area (Å²) in [5, 5.41) is 12.5. The molecule has 1 amide bonds. The Kier molecular flexibility index (Phi) is 4.72. The number of methoxy groups -OCH3 is 1. The predicted molar refractivity (Wildman–Crippen MR) is 110 cm³/mol. The van der Waals surface area contributed by atoms with Gasteiger partial charge in [-0.05, 0) is 53.6 Å². The number of ether oxygens (including phenoxy) is 3. The lowest BCUT2D eigenvalue weighted by Gasteiger charge is -2.34. The van der Waals surface area contributed by atoms with Crippen molar-refractivity contribution in [1.82, 2.24) is 25.1 Å². The lowest BCUT2D eigenvalue weighted by molar-refractivity contribution is -0.132. The van der Waals surface area contributed by atoms with E-state index < -0.39 is 5.54 Å². The first kappa shape index (κ1) is 19.3. The first-order chi connectivity index (χ1) is 15.1. The predicted octanol–water partition coefficient (Wildman–Crippen LogP) is 2.48. The van der Waals surface area contributed by atoms with E-state index in [-0.39, 0.29) is 5.91 Å². The zero-order valence-electron chi connectivity index (χ0n) is 17.4. The fourth-order valence-electron chi connectivity index (χ4n) is 4.16. The van der Waals surface area contributed by atoms with Crippen molar-refractivity contribution in [2.75, 3.05) is 20.3 Å². The molecule has 1 atom stereocenters. The van der Waals surface area contributed by atoms with Gasteiger partial charge >= 0.3 is 0 Å². The number of rotatable bonds is 5. The Bertz CT molecular complexity index is 1110. The maximum atomic E-state index is 12.8. The minimum atomic E-state index is -0.645. The van der Waals surface area contributed by atoms with Gasteiger partial charge in [0.05, 0.1) is 12.8 Å². The minimum absolute atomic E-state index is 0.0787. The SMILES string of the molecule is COc1ccc(CN2C(=O)CCC2(C)c2nnnn2-c2ccc3c(c2)OCCO3)cc1. The maximum absolute atomic E-state index is 12.8. The maximum Gasteiger partial charge on any atom is 0.223 e. The van der Waals surface area contributed by atoms with E-state index in [1.54, 1.807) is 11.8 Å². The van der Waals surface area contributed by atoms with E-state index in [0.717, 1.165) is 17.0 Å². The van der Waals surface area contributed by atoms with Crippen LogP contribution in [0.25, 0.3) is 5.69 Å². The van der Waals surface area contributed by atoms with Crippen LogP contribution in [0.4, 0.5) is 0 Å². The third kappa shape index (κ3) is 3.35. The lowest BCUT2D eigenvalue weighted by Crippen LogP contribution is -2.42. The second-order valence-electron chi connectivity index (χ2n) is 7.84. The molecule has 1 saturated heterocycles. The van der Waals surface area contributed by atoms with Crippen molar-refractivity contribution in [1.29, 1.82) is 0 Å². The number of hydrogen-bond acceptors (Lipinski definition) is 7. The molecule has 1 fully saturated rings. The second-order valence-corrected chi connectivity index (χ2v) is 7.84. The Morgan fingerprint density at radius 3 is 2.65 bits per heavy atom. The number of carbonyl (C=O) groups excluding carboxylic acids is 1. The van der Waals surface area contributed by atoms with E-state index in [9.17, 15) is 4.79 Å². The molecule has 31 heavy (non-hydrogen) atoms. The molecule has 5 rings (SSSR count). The van der Waals surface area contributed by atoms with Crippen LogP contribution in [0.1, 0.15) is 31.2 Å². The van der Waals surface area contributed by atoms with Gasteiger partial charge < -0.3 is 19.1 Å². The van der Waals surface area contributed by atoms with E-state index in [1.807, 2.05) is 54.3 Å². The Labute approximate surface area is 179 Å². The summed E-state index contributed by atoms with van der Waals surface area (Å²) in [6.07, 6.45) is 1.08. The molecular weight excluding hydrogens is 398 g/mol. The highest BCUT2D eigenvalue weighted by Crippen LogP contribution is 2.40. The summed E-state index contributed by atoms with van der Waals surface area (Å²) >= 11 is 0. The number of hydrogen-bond donors (Lipinski definition) is 0. The van der Waals surface area contributed by atoms with Crippen molar-refractivity contribution in [3.63, 3.8) is 0 Å². The highest BCUT2D eigenvalue weighted by molar-refractivity contribution is 5.79. The summed E-state index contributed by atoms with van der Waals surface area (Å²) in [6, 6.07) is 13.3. The number of fused-ring (bicyclic) bond motifs is 1. The van der Waals surface area contributed by atoms with Crippen molar-refractivity contribution in [3.8, 4) is 22.9 Å². The molecule has 1 aromatic heterocycles. The number of likely N-dealkylation sites (tertiary alicyclic amines) is 1. The van der Waals surface area contributed by atoms with Crippen LogP contribution in [0.15, 0.2) is 42.5 Å². The average molecular weight is 421 g/mol. The van der Waals surface area contributed by atoms with Gasteiger partial charge in [-0.15, -0.1) is 5.10 Å². The Balaban J connectivity index is 1.49. The van der Waals surface area contributed by atoms with Gasteiger partial charge in [-0.2, -0.15) is 4.68 Å². The zero-order valence-corrected chi connectivity index (χ0v) is 17.4. The Morgan fingerprint density at radius 1 is 1.10 bits per heavy atom. The van der Waals surface area contributed by atoms with E-state index in [1.165, 1.54) is 0 Å². The van der Waals surface area contributed by atoms with Crippen LogP contribution in [0.2, 0.25) is 0 Å². The van der Waals surface area contributed by atoms with Gasteiger partial charge in [0.1, 0.15) is 24.5 Å². The number of aromatic nitrogens is 4. The topological polar surface area (TPSA) is 91.6 Å². The number of benzene rings is 2. The average Bonchev–Trinajstić information content (AvgIpc) is 3.41. The van der Waals surface area contributed by atoms with Crippen LogP contribution >= 0.6 is 0 Å². The van der Waals surface area contributed by atoms with Crippen molar-refractivity contribution in [2.24, 2.45) is 0 Å². The van der Waals surface area contributed by atoms with Crippen molar-refractivity contribution >= 4 is 5.91 Å². The fraction of sp³-hybridized carbons (Fsp3) is 0.364. The molecule has 2 aliphatic rings. The zero-order chi connectivity index (χ0) is 21.4. The van der Waals surface area contributed by atoms with Gasteiger partial charge in [-0.3, -0.25) is 4.79 Å². The summed E-state index contributed by atoms with van der Waals surface area (Å²) in [6.45, 7) is 3.51. The summed E-state index contributed by atoms with van der Waals surface area (Å²) in [4.78, 5) is 14.7. The van der Waals surface area contributed by atoms with Crippen LogP contribution in [-0.4, -0.2) is 51.3 Å². The monoisotopic (exact) mass is 421 g/mol. The molecule has 0 bridgehead atoms. The van der Waals surface area contributed by atoms with Gasteiger partial charge in [0, 0.05) is 19.0 Å². The summed E-state index contributed by atoms with van der Waals surface area (Å²) in [7, 11) is 1.63. The third-order valence-electron chi connectivity index (χ3n) is 5.94. The molecule has 9 heteroatoms. The number of nitrogens with zero attached hydrogens (tertiary/aromatic N) is 5. The third-order valence-corrected chi connectivity index (χ3v) is 5.94. The van der Waals surface area contributed by atoms with Crippen LogP contribution in [0.5, 0.6) is 17.2 Å². The van der Waals surface area contributed by atoms with E-state index in [0.29, 0.717) is 49.9 Å². The second kappa shape index (κ2) is 7.57. The van der Waals surface area contributed by atoms with Crippen LogP contribution in [0, 0.1) is 0 Å². The van der Waals surface area contributed by atoms with E-state index in [4.69, 9.17) is 14.2 Å². The smallest absolute Gasteiger partial charge is 0.223 e. The highest BCUT2D eigenvalue weighted by Gasteiger charge is 2.46. The standard InChI is InChI=1S/C22H23N5O4/c1-22(10-9-20(28)26(22)14-15-3-6-17(29-2)7-4-15)21-23-24-25-27(21)16-5-8-18-19(13-16)31-12-11-30-18/h3-8,13H,9-12,14H2,1-2H3. The quantitative estimate of drug-likeness (QED) is 0.625. The minimum Gasteiger partial charge on any atom is -0.497 e. The lowest BCUT2D eigenvalue weighted by atomic mass is 9.97. The molecule has 0 N–H and O–H groups in total. The summed E-state index contributed by atoms with van der Waals surface area (Å²) in [5.41, 5.74) is 1.13. The van der Waals surface area contributed by atoms with Crippen molar-refractivity contribution in [2.45, 2.75) is 31.8 Å². The van der Waals surface area contributed by atoms with E-state index >= 15 is 0 Å². The number of carbonyl (C=O) groups is 1. The molecule has 0 radical (unpaired) electrons. The fourth-order valence-corrected chi connectivity index (χ4v) is 4.16. The number of amides is 1. The van der Waals surface area contributed by atoms with Crippen LogP contribution in [-0.2, 0) is 16.9 Å². The number of tetrazole rings is 1. The van der Waals surface area contributed by atoms with Gasteiger partial charge in [-0.1, -0.05) is 12.1 Å². The Hall–Kier alpha value is -3.62. The van der Waals surface area contributed by atoms with E-state index in [2.05, 4.69) is 15.5 Å². The molecular formula is C22H23N5O4. The summed E-state index contributed by atoms with van der Waals surface area (Å²) in [5.74, 6) is 2.83. The van der Waals surface area contributed by atoms with Crippen molar-refractivity contribution in [3.05, 3.63) is 53.9 Å². The molecule has 1 unspecified atom stereocenters. The molecule has 2 aliphatic heterocycles. The normalized spacial score (nSPS) is 20.2. The molecule has 2 aromatic carbocycles. The molecule has 9 nitrogen and oxygen atoms in total. The van der Waals surface area contributed by atoms with Gasteiger partial charge in [0.25, 0.3) is 0 Å². The molecule has 3 heterocycles. The van der Waals surface area contributed by atoms with Crippen LogP contribution < -0.4 is 14.2 Å². The van der Waals surface area contributed by atoms with Gasteiger partial charge in [0.2, 0.25) is 5.91 Å². The molecule has 160 valence electrons. The van der Waals surface area contributed by atoms with Crippen molar-refractivity contribution < 1.29 is 19.0 Å².